The monoisotopic (exact) mass is 338 g/mol. The van der Waals surface area contributed by atoms with Gasteiger partial charge in [0, 0.05) is 18.2 Å². The molecule has 0 fully saturated rings. The van der Waals surface area contributed by atoms with E-state index in [0.29, 0.717) is 29.0 Å². The van der Waals surface area contributed by atoms with Crippen LogP contribution in [-0.2, 0) is 0 Å². The molecular formula is C20H22N2O3. The molecule has 0 aliphatic heterocycles. The first-order chi connectivity index (χ1) is 12.1. The van der Waals surface area contributed by atoms with Gasteiger partial charge in [-0.25, -0.2) is 0 Å². The third kappa shape index (κ3) is 5.07. The molecule has 1 amide bonds. The standard InChI is InChI=1S/C20H22N2O3/c1-3-17(10-11-23)22-20(24)16-5-7-18(8-6-16)25-19-9-4-15(13-21)12-14(19)2/h4-9,12,17,23H,3,10-11H2,1-2H3,(H,22,24). The summed E-state index contributed by atoms with van der Waals surface area (Å²) in [6.07, 6.45) is 1.31. The Morgan fingerprint density at radius 3 is 2.56 bits per heavy atom. The molecule has 0 aliphatic rings. The highest BCUT2D eigenvalue weighted by molar-refractivity contribution is 5.94. The van der Waals surface area contributed by atoms with Gasteiger partial charge >= 0.3 is 0 Å². The van der Waals surface area contributed by atoms with Crippen LogP contribution in [0.3, 0.4) is 0 Å². The summed E-state index contributed by atoms with van der Waals surface area (Å²) < 4.78 is 5.81. The van der Waals surface area contributed by atoms with Crippen LogP contribution in [0.4, 0.5) is 0 Å². The van der Waals surface area contributed by atoms with Crippen LogP contribution < -0.4 is 10.1 Å². The summed E-state index contributed by atoms with van der Waals surface area (Å²) in [6.45, 7) is 3.90. The van der Waals surface area contributed by atoms with Crippen molar-refractivity contribution in [2.24, 2.45) is 0 Å². The van der Waals surface area contributed by atoms with E-state index < -0.39 is 0 Å². The smallest absolute Gasteiger partial charge is 0.251 e. The van der Waals surface area contributed by atoms with E-state index in [1.165, 1.54) is 0 Å². The maximum Gasteiger partial charge on any atom is 0.251 e. The van der Waals surface area contributed by atoms with Crippen molar-refractivity contribution in [1.82, 2.24) is 5.32 Å². The van der Waals surface area contributed by atoms with Gasteiger partial charge < -0.3 is 15.2 Å². The Balaban J connectivity index is 2.04. The number of nitrogens with zero attached hydrogens (tertiary/aromatic N) is 1. The van der Waals surface area contributed by atoms with Gasteiger partial charge in [-0.2, -0.15) is 5.26 Å². The average molecular weight is 338 g/mol. The first kappa shape index (κ1) is 18.5. The van der Waals surface area contributed by atoms with Crippen LogP contribution >= 0.6 is 0 Å². The fourth-order valence-corrected chi connectivity index (χ4v) is 2.44. The third-order valence-electron chi connectivity index (χ3n) is 3.95. The van der Waals surface area contributed by atoms with E-state index in [9.17, 15) is 4.79 Å². The summed E-state index contributed by atoms with van der Waals surface area (Å²) in [5.41, 5.74) is 2.00. The zero-order valence-electron chi connectivity index (χ0n) is 14.5. The highest BCUT2D eigenvalue weighted by Crippen LogP contribution is 2.26. The second-order valence-electron chi connectivity index (χ2n) is 5.81. The van der Waals surface area contributed by atoms with E-state index in [0.717, 1.165) is 12.0 Å². The summed E-state index contributed by atoms with van der Waals surface area (Å²) in [7, 11) is 0. The van der Waals surface area contributed by atoms with Gasteiger partial charge in [0.15, 0.2) is 0 Å². The third-order valence-corrected chi connectivity index (χ3v) is 3.95. The summed E-state index contributed by atoms with van der Waals surface area (Å²) in [5.74, 6) is 1.12. The number of aliphatic hydroxyl groups is 1. The van der Waals surface area contributed by atoms with E-state index in [-0.39, 0.29) is 18.6 Å². The first-order valence-electron chi connectivity index (χ1n) is 8.27. The van der Waals surface area contributed by atoms with Crippen molar-refractivity contribution in [3.05, 3.63) is 59.2 Å². The van der Waals surface area contributed by atoms with Gasteiger partial charge in [0.2, 0.25) is 0 Å². The van der Waals surface area contributed by atoms with Crippen LogP contribution in [0.15, 0.2) is 42.5 Å². The maximum atomic E-state index is 12.2. The summed E-state index contributed by atoms with van der Waals surface area (Å²) in [4.78, 5) is 12.2. The number of hydrogen-bond donors (Lipinski definition) is 2. The molecule has 0 aromatic heterocycles. The number of ether oxygens (including phenoxy) is 1. The summed E-state index contributed by atoms with van der Waals surface area (Å²) in [5, 5.41) is 20.8. The van der Waals surface area contributed by atoms with Gasteiger partial charge in [0.25, 0.3) is 5.91 Å². The molecule has 2 aromatic rings. The van der Waals surface area contributed by atoms with Crippen LogP contribution in [0.1, 0.15) is 41.3 Å². The predicted molar refractivity (Wildman–Crippen MR) is 95.7 cm³/mol. The fraction of sp³-hybridized carbons (Fsp3) is 0.300. The molecule has 1 atom stereocenters. The summed E-state index contributed by atoms with van der Waals surface area (Å²) in [6, 6.07) is 14.2. The molecule has 0 radical (unpaired) electrons. The van der Waals surface area contributed by atoms with E-state index in [1.54, 1.807) is 42.5 Å². The minimum atomic E-state index is -0.165. The molecule has 5 nitrogen and oxygen atoms in total. The molecule has 2 rings (SSSR count). The van der Waals surface area contributed by atoms with Crippen molar-refractivity contribution in [3.8, 4) is 17.6 Å². The van der Waals surface area contributed by atoms with Gasteiger partial charge in [-0.3, -0.25) is 4.79 Å². The minimum Gasteiger partial charge on any atom is -0.457 e. The van der Waals surface area contributed by atoms with Crippen molar-refractivity contribution in [2.75, 3.05) is 6.61 Å². The van der Waals surface area contributed by atoms with Crippen molar-refractivity contribution in [2.45, 2.75) is 32.7 Å². The molecule has 25 heavy (non-hydrogen) atoms. The molecule has 1 unspecified atom stereocenters. The molecule has 5 heteroatoms. The lowest BCUT2D eigenvalue weighted by molar-refractivity contribution is 0.0929. The van der Waals surface area contributed by atoms with Crippen molar-refractivity contribution in [1.29, 1.82) is 5.26 Å². The van der Waals surface area contributed by atoms with E-state index in [1.807, 2.05) is 13.8 Å². The number of amides is 1. The van der Waals surface area contributed by atoms with Gasteiger partial charge in [0.05, 0.1) is 11.6 Å². The number of rotatable bonds is 7. The second-order valence-corrected chi connectivity index (χ2v) is 5.81. The molecule has 0 saturated carbocycles. The molecule has 0 bridgehead atoms. The second kappa shape index (κ2) is 8.86. The van der Waals surface area contributed by atoms with Crippen LogP contribution in [0.5, 0.6) is 11.5 Å². The van der Waals surface area contributed by atoms with Gasteiger partial charge in [-0.1, -0.05) is 6.92 Å². The van der Waals surface area contributed by atoms with Gasteiger partial charge in [-0.05, 0) is 67.8 Å². The average Bonchev–Trinajstić information content (AvgIpc) is 2.63. The Hall–Kier alpha value is -2.84. The number of hydrogen-bond acceptors (Lipinski definition) is 4. The van der Waals surface area contributed by atoms with E-state index in [4.69, 9.17) is 15.1 Å². The van der Waals surface area contributed by atoms with Crippen LogP contribution in [0.2, 0.25) is 0 Å². The number of aliphatic hydroxyl groups excluding tert-OH is 1. The lowest BCUT2D eigenvalue weighted by Crippen LogP contribution is -2.34. The van der Waals surface area contributed by atoms with E-state index in [2.05, 4.69) is 11.4 Å². The Kier molecular flexibility index (Phi) is 6.55. The molecule has 0 saturated heterocycles. The Labute approximate surface area is 147 Å². The molecule has 0 aliphatic carbocycles. The van der Waals surface area contributed by atoms with Crippen molar-refractivity contribution < 1.29 is 14.6 Å². The normalized spacial score (nSPS) is 11.4. The van der Waals surface area contributed by atoms with Crippen molar-refractivity contribution >= 4 is 5.91 Å². The number of carbonyl (C=O) groups is 1. The Bertz CT molecular complexity index is 764. The Morgan fingerprint density at radius 1 is 1.28 bits per heavy atom. The SMILES string of the molecule is CCC(CCO)NC(=O)c1ccc(Oc2ccc(C#N)cc2C)cc1. The predicted octanol–water partition coefficient (Wildman–Crippen LogP) is 3.55. The number of nitrogens with one attached hydrogen (secondary N) is 1. The highest BCUT2D eigenvalue weighted by atomic mass is 16.5. The lowest BCUT2D eigenvalue weighted by Gasteiger charge is -2.16. The Morgan fingerprint density at radius 2 is 2.00 bits per heavy atom. The van der Waals surface area contributed by atoms with Crippen LogP contribution in [0, 0.1) is 18.3 Å². The first-order valence-corrected chi connectivity index (χ1v) is 8.27. The van der Waals surface area contributed by atoms with Gasteiger partial charge in [0.1, 0.15) is 11.5 Å². The molecular weight excluding hydrogens is 316 g/mol. The van der Waals surface area contributed by atoms with E-state index >= 15 is 0 Å². The number of aryl methyl sites for hydroxylation is 1. The molecule has 2 N–H and O–H groups in total. The zero-order valence-corrected chi connectivity index (χ0v) is 14.5. The van der Waals surface area contributed by atoms with Gasteiger partial charge in [-0.15, -0.1) is 0 Å². The minimum absolute atomic E-state index is 0.0327. The van der Waals surface area contributed by atoms with Crippen LogP contribution in [0.25, 0.3) is 0 Å². The molecule has 130 valence electrons. The molecule has 2 aromatic carbocycles. The number of benzene rings is 2. The lowest BCUT2D eigenvalue weighted by atomic mass is 10.1. The number of carbonyl (C=O) groups excluding carboxylic acids is 1. The highest BCUT2D eigenvalue weighted by Gasteiger charge is 2.12. The maximum absolute atomic E-state index is 12.2. The largest absolute Gasteiger partial charge is 0.457 e. The summed E-state index contributed by atoms with van der Waals surface area (Å²) >= 11 is 0. The number of nitriles is 1. The topological polar surface area (TPSA) is 82.3 Å². The molecule has 0 spiro atoms. The van der Waals surface area contributed by atoms with Crippen molar-refractivity contribution in [3.63, 3.8) is 0 Å². The fourth-order valence-electron chi connectivity index (χ4n) is 2.44. The van der Waals surface area contributed by atoms with Crippen LogP contribution in [-0.4, -0.2) is 23.7 Å². The quantitative estimate of drug-likeness (QED) is 0.809. The molecule has 0 heterocycles. The zero-order chi connectivity index (χ0) is 18.2.